The van der Waals surface area contributed by atoms with Gasteiger partial charge in [-0.15, -0.1) is 12.4 Å². The molecule has 7 heteroatoms. The molecule has 2 aromatic rings. The minimum atomic E-state index is 0. The smallest absolute Gasteiger partial charge is 0.212 e. The first-order chi connectivity index (χ1) is 12.2. The van der Waals surface area contributed by atoms with Crippen molar-refractivity contribution in [3.63, 3.8) is 0 Å². The van der Waals surface area contributed by atoms with E-state index in [9.17, 15) is 0 Å². The fourth-order valence-electron chi connectivity index (χ4n) is 3.38. The van der Waals surface area contributed by atoms with E-state index in [0.29, 0.717) is 22.6 Å². The quantitative estimate of drug-likeness (QED) is 0.646. The Kier molecular flexibility index (Phi) is 8.55. The molecule has 1 saturated carbocycles. The first kappa shape index (κ1) is 21.4. The molecule has 0 atom stereocenters. The van der Waals surface area contributed by atoms with Gasteiger partial charge in [-0.25, -0.2) is 4.68 Å². The lowest BCUT2D eigenvalue weighted by Gasteiger charge is -2.22. The topological polar surface area (TPSA) is 39.1 Å². The van der Waals surface area contributed by atoms with Gasteiger partial charge >= 0.3 is 0 Å². The minimum Gasteiger partial charge on any atom is -0.473 e. The number of hydrogen-bond acceptors (Lipinski definition) is 3. The summed E-state index contributed by atoms with van der Waals surface area (Å²) in [4.78, 5) is 0. The van der Waals surface area contributed by atoms with Crippen LogP contribution >= 0.6 is 35.6 Å². The third-order valence-corrected chi connectivity index (χ3v) is 5.29. The van der Waals surface area contributed by atoms with Crippen molar-refractivity contribution in [2.45, 2.75) is 51.8 Å². The summed E-state index contributed by atoms with van der Waals surface area (Å²) in [7, 11) is 1.92. The van der Waals surface area contributed by atoms with Crippen LogP contribution in [0.1, 0.15) is 43.4 Å². The summed E-state index contributed by atoms with van der Waals surface area (Å²) in [5.41, 5.74) is 1.88. The fraction of sp³-hybridized carbons (Fsp3) is 0.526. The van der Waals surface area contributed by atoms with Crippen LogP contribution in [0.25, 0.3) is 0 Å². The molecular weight excluding hydrogens is 393 g/mol. The van der Waals surface area contributed by atoms with Crippen LogP contribution in [-0.2, 0) is 19.7 Å². The predicted molar refractivity (Wildman–Crippen MR) is 110 cm³/mol. The van der Waals surface area contributed by atoms with Gasteiger partial charge in [-0.05, 0) is 44.0 Å². The predicted octanol–water partition coefficient (Wildman–Crippen LogP) is 5.49. The second-order valence-corrected chi connectivity index (χ2v) is 7.56. The molecule has 0 amide bonds. The molecule has 3 rings (SSSR count). The zero-order valence-electron chi connectivity index (χ0n) is 15.0. The van der Waals surface area contributed by atoms with E-state index in [-0.39, 0.29) is 12.4 Å². The molecule has 144 valence electrons. The SMILES string of the molecule is CNCc1cc(OCc2cc(Cl)ccc2Cl)n(CC2CCCCC2)n1.Cl. The van der Waals surface area contributed by atoms with Gasteiger partial charge in [-0.2, -0.15) is 5.10 Å². The third-order valence-electron chi connectivity index (χ3n) is 4.69. The maximum atomic E-state index is 6.24. The standard InChI is InChI=1S/C19H25Cl2N3O.ClH/c1-22-11-17-10-19(24(23-17)12-14-5-3-2-4-6-14)25-13-15-9-16(20)7-8-18(15)21;/h7-10,14,22H,2-6,11-13H2,1H3;1H. The molecule has 0 spiro atoms. The van der Waals surface area contributed by atoms with Crippen LogP contribution in [0, 0.1) is 5.92 Å². The second kappa shape index (κ2) is 10.4. The fourth-order valence-corrected chi connectivity index (χ4v) is 3.75. The van der Waals surface area contributed by atoms with Crippen molar-refractivity contribution in [2.75, 3.05) is 7.05 Å². The maximum Gasteiger partial charge on any atom is 0.212 e. The molecule has 1 aromatic carbocycles. The number of nitrogens with one attached hydrogen (secondary N) is 1. The third kappa shape index (κ3) is 5.78. The Hall–Kier alpha value is -0.940. The first-order valence-electron chi connectivity index (χ1n) is 8.93. The summed E-state index contributed by atoms with van der Waals surface area (Å²) >= 11 is 12.3. The molecule has 1 aliphatic carbocycles. The number of halogens is 3. The Bertz CT molecular complexity index is 699. The van der Waals surface area contributed by atoms with Crippen molar-refractivity contribution < 1.29 is 4.74 Å². The summed E-state index contributed by atoms with van der Waals surface area (Å²) in [5.74, 6) is 1.49. The van der Waals surface area contributed by atoms with E-state index in [0.717, 1.165) is 30.2 Å². The van der Waals surface area contributed by atoms with Crippen LogP contribution in [0.3, 0.4) is 0 Å². The molecule has 1 N–H and O–H groups in total. The Labute approximate surface area is 171 Å². The van der Waals surface area contributed by atoms with Crippen molar-refractivity contribution in [3.05, 3.63) is 45.6 Å². The van der Waals surface area contributed by atoms with Crippen LogP contribution < -0.4 is 10.1 Å². The monoisotopic (exact) mass is 417 g/mol. The van der Waals surface area contributed by atoms with E-state index in [1.165, 1.54) is 32.1 Å². The van der Waals surface area contributed by atoms with Gasteiger partial charge in [0, 0.05) is 34.8 Å². The van der Waals surface area contributed by atoms with E-state index in [2.05, 4.69) is 5.32 Å². The highest BCUT2D eigenvalue weighted by atomic mass is 35.5. The average molecular weight is 419 g/mol. The van der Waals surface area contributed by atoms with Gasteiger partial charge in [-0.3, -0.25) is 0 Å². The molecule has 26 heavy (non-hydrogen) atoms. The van der Waals surface area contributed by atoms with E-state index in [4.69, 9.17) is 33.0 Å². The lowest BCUT2D eigenvalue weighted by Crippen LogP contribution is -2.16. The van der Waals surface area contributed by atoms with Crippen LogP contribution in [0.2, 0.25) is 10.0 Å². The number of rotatable bonds is 7. The zero-order valence-corrected chi connectivity index (χ0v) is 17.3. The molecular formula is C19H26Cl3N3O. The normalized spacial score (nSPS) is 14.9. The van der Waals surface area contributed by atoms with Crippen LogP contribution in [0.15, 0.2) is 24.3 Å². The zero-order chi connectivity index (χ0) is 17.6. The lowest BCUT2D eigenvalue weighted by molar-refractivity contribution is 0.245. The van der Waals surface area contributed by atoms with Crippen molar-refractivity contribution in [1.29, 1.82) is 0 Å². The highest BCUT2D eigenvalue weighted by Crippen LogP contribution is 2.28. The Balaban J connectivity index is 0.00000243. The Morgan fingerprint density at radius 3 is 2.69 bits per heavy atom. The molecule has 1 heterocycles. The molecule has 1 aliphatic rings. The van der Waals surface area contributed by atoms with Crippen molar-refractivity contribution in [3.8, 4) is 5.88 Å². The summed E-state index contributed by atoms with van der Waals surface area (Å²) < 4.78 is 8.07. The van der Waals surface area contributed by atoms with Gasteiger partial charge in [0.25, 0.3) is 0 Å². The van der Waals surface area contributed by atoms with Crippen molar-refractivity contribution in [2.24, 2.45) is 5.92 Å². The maximum absolute atomic E-state index is 6.24. The van der Waals surface area contributed by atoms with Gasteiger partial charge in [0.05, 0.1) is 5.69 Å². The van der Waals surface area contributed by atoms with Gasteiger partial charge < -0.3 is 10.1 Å². The molecule has 1 fully saturated rings. The van der Waals surface area contributed by atoms with Gasteiger partial charge in [-0.1, -0.05) is 42.5 Å². The van der Waals surface area contributed by atoms with Gasteiger partial charge in [0.1, 0.15) is 6.61 Å². The number of hydrogen-bond donors (Lipinski definition) is 1. The Morgan fingerprint density at radius 2 is 1.96 bits per heavy atom. The molecule has 0 bridgehead atoms. The summed E-state index contributed by atoms with van der Waals surface area (Å²) in [6.45, 7) is 2.03. The largest absolute Gasteiger partial charge is 0.473 e. The number of aromatic nitrogens is 2. The molecule has 0 saturated heterocycles. The second-order valence-electron chi connectivity index (χ2n) is 6.71. The van der Waals surface area contributed by atoms with Gasteiger partial charge in [0.15, 0.2) is 0 Å². The van der Waals surface area contributed by atoms with Gasteiger partial charge in [0.2, 0.25) is 5.88 Å². The molecule has 4 nitrogen and oxygen atoms in total. The van der Waals surface area contributed by atoms with Crippen LogP contribution in [0.4, 0.5) is 0 Å². The van der Waals surface area contributed by atoms with E-state index in [1.807, 2.05) is 23.9 Å². The number of ether oxygens (including phenoxy) is 1. The molecule has 0 radical (unpaired) electrons. The number of benzene rings is 1. The van der Waals surface area contributed by atoms with Crippen molar-refractivity contribution >= 4 is 35.6 Å². The number of nitrogens with zero attached hydrogens (tertiary/aromatic N) is 2. The highest BCUT2D eigenvalue weighted by molar-refractivity contribution is 6.33. The molecule has 0 unspecified atom stereocenters. The van der Waals surface area contributed by atoms with E-state index < -0.39 is 0 Å². The lowest BCUT2D eigenvalue weighted by atomic mass is 9.89. The minimum absolute atomic E-state index is 0. The van der Waals surface area contributed by atoms with Crippen molar-refractivity contribution in [1.82, 2.24) is 15.1 Å². The van der Waals surface area contributed by atoms with Crippen LogP contribution in [-0.4, -0.2) is 16.8 Å². The van der Waals surface area contributed by atoms with E-state index >= 15 is 0 Å². The Morgan fingerprint density at radius 1 is 1.19 bits per heavy atom. The van der Waals surface area contributed by atoms with Crippen LogP contribution in [0.5, 0.6) is 5.88 Å². The summed E-state index contributed by atoms with van der Waals surface area (Å²) in [6, 6.07) is 7.44. The summed E-state index contributed by atoms with van der Waals surface area (Å²) in [5, 5.41) is 9.19. The van der Waals surface area contributed by atoms with E-state index in [1.54, 1.807) is 12.1 Å². The summed E-state index contributed by atoms with van der Waals surface area (Å²) in [6.07, 6.45) is 6.56. The molecule has 0 aliphatic heterocycles. The highest BCUT2D eigenvalue weighted by Gasteiger charge is 2.18. The first-order valence-corrected chi connectivity index (χ1v) is 9.69. The average Bonchev–Trinajstić information content (AvgIpc) is 2.98. The molecule has 1 aromatic heterocycles.